The Morgan fingerprint density at radius 3 is 2.25 bits per heavy atom. The van der Waals surface area contributed by atoms with E-state index in [1.54, 1.807) is 36.4 Å². The minimum atomic E-state index is -0.307. The lowest BCUT2D eigenvalue weighted by atomic mass is 10.1. The minimum absolute atomic E-state index is 0.0420. The molecule has 0 saturated carbocycles. The monoisotopic (exact) mass is 328 g/mol. The molecule has 2 aromatic carbocycles. The van der Waals surface area contributed by atoms with Crippen molar-refractivity contribution in [1.29, 1.82) is 0 Å². The lowest BCUT2D eigenvalue weighted by molar-refractivity contribution is -0.116. The Bertz CT molecular complexity index is 696. The zero-order chi connectivity index (χ0) is 17.5. The molecule has 2 amide bonds. The van der Waals surface area contributed by atoms with Crippen molar-refractivity contribution in [2.24, 2.45) is 0 Å². The van der Waals surface area contributed by atoms with Crippen molar-refractivity contribution in [2.45, 2.75) is 32.7 Å². The fourth-order valence-electron chi connectivity index (χ4n) is 2.27. The highest BCUT2D eigenvalue weighted by molar-refractivity contribution is 5.96. The van der Waals surface area contributed by atoms with E-state index < -0.39 is 0 Å². The molecular weight excluding hydrogens is 307 g/mol. The summed E-state index contributed by atoms with van der Waals surface area (Å²) in [5.41, 5.74) is 1.99. The SMILES string of the molecule is CCCC(=O)Nc1ccc(C(=O)N[C@@H](C)c2ccc(F)cc2)cc1. The fourth-order valence-corrected chi connectivity index (χ4v) is 2.27. The van der Waals surface area contributed by atoms with Crippen LogP contribution in [0.1, 0.15) is 48.7 Å². The van der Waals surface area contributed by atoms with Crippen molar-refractivity contribution in [3.63, 3.8) is 0 Å². The zero-order valence-corrected chi connectivity index (χ0v) is 13.8. The van der Waals surface area contributed by atoms with Crippen molar-refractivity contribution in [1.82, 2.24) is 5.32 Å². The first-order valence-corrected chi connectivity index (χ1v) is 7.96. The molecule has 2 aromatic rings. The smallest absolute Gasteiger partial charge is 0.251 e. The normalized spacial score (nSPS) is 11.6. The van der Waals surface area contributed by atoms with Crippen LogP contribution >= 0.6 is 0 Å². The topological polar surface area (TPSA) is 58.2 Å². The molecule has 0 aliphatic rings. The summed E-state index contributed by atoms with van der Waals surface area (Å²) in [6.45, 7) is 3.78. The molecule has 0 radical (unpaired) electrons. The Balaban J connectivity index is 1.97. The highest BCUT2D eigenvalue weighted by atomic mass is 19.1. The van der Waals surface area contributed by atoms with Crippen LogP contribution in [0.3, 0.4) is 0 Å². The van der Waals surface area contributed by atoms with Gasteiger partial charge in [0.05, 0.1) is 6.04 Å². The van der Waals surface area contributed by atoms with Gasteiger partial charge in [-0.15, -0.1) is 0 Å². The molecule has 0 spiro atoms. The van der Waals surface area contributed by atoms with E-state index in [0.29, 0.717) is 17.7 Å². The second kappa shape index (κ2) is 8.24. The van der Waals surface area contributed by atoms with E-state index in [9.17, 15) is 14.0 Å². The van der Waals surface area contributed by atoms with Gasteiger partial charge >= 0.3 is 0 Å². The van der Waals surface area contributed by atoms with Gasteiger partial charge in [-0.3, -0.25) is 9.59 Å². The van der Waals surface area contributed by atoms with Crippen LogP contribution in [0.25, 0.3) is 0 Å². The number of rotatable bonds is 6. The molecular formula is C19H21FN2O2. The van der Waals surface area contributed by atoms with Gasteiger partial charge in [-0.1, -0.05) is 19.1 Å². The Hall–Kier alpha value is -2.69. The molecule has 24 heavy (non-hydrogen) atoms. The Morgan fingerprint density at radius 2 is 1.67 bits per heavy atom. The number of amides is 2. The number of hydrogen-bond donors (Lipinski definition) is 2. The number of anilines is 1. The maximum atomic E-state index is 12.9. The number of halogens is 1. The summed E-state index contributed by atoms with van der Waals surface area (Å²) in [6.07, 6.45) is 1.25. The molecule has 2 rings (SSSR count). The highest BCUT2D eigenvalue weighted by Crippen LogP contribution is 2.15. The minimum Gasteiger partial charge on any atom is -0.346 e. The first kappa shape index (κ1) is 17.7. The molecule has 0 saturated heterocycles. The summed E-state index contributed by atoms with van der Waals surface area (Å²) in [7, 11) is 0. The van der Waals surface area contributed by atoms with E-state index in [4.69, 9.17) is 0 Å². The molecule has 0 aromatic heterocycles. The summed E-state index contributed by atoms with van der Waals surface area (Å²) in [4.78, 5) is 23.8. The fraction of sp³-hybridized carbons (Fsp3) is 0.263. The molecule has 4 nitrogen and oxygen atoms in total. The molecule has 126 valence electrons. The van der Waals surface area contributed by atoms with Crippen molar-refractivity contribution in [3.05, 3.63) is 65.5 Å². The summed E-state index contributed by atoms with van der Waals surface area (Å²) in [6, 6.07) is 12.5. The van der Waals surface area contributed by atoms with Crippen LogP contribution < -0.4 is 10.6 Å². The summed E-state index contributed by atoms with van der Waals surface area (Å²) in [5, 5.41) is 5.64. The van der Waals surface area contributed by atoms with Gasteiger partial charge in [-0.25, -0.2) is 4.39 Å². The second-order valence-electron chi connectivity index (χ2n) is 5.62. The zero-order valence-electron chi connectivity index (χ0n) is 13.8. The van der Waals surface area contributed by atoms with E-state index >= 15 is 0 Å². The molecule has 0 unspecified atom stereocenters. The average Bonchev–Trinajstić information content (AvgIpc) is 2.56. The maximum Gasteiger partial charge on any atom is 0.251 e. The van der Waals surface area contributed by atoms with Crippen molar-refractivity contribution < 1.29 is 14.0 Å². The van der Waals surface area contributed by atoms with Gasteiger partial charge < -0.3 is 10.6 Å². The van der Waals surface area contributed by atoms with Gasteiger partial charge in [-0.05, 0) is 55.3 Å². The van der Waals surface area contributed by atoms with E-state index in [-0.39, 0.29) is 23.7 Å². The second-order valence-corrected chi connectivity index (χ2v) is 5.62. The standard InChI is InChI=1S/C19H21FN2O2/c1-3-4-18(23)22-17-11-7-15(8-12-17)19(24)21-13(2)14-5-9-16(20)10-6-14/h5-13H,3-4H2,1-2H3,(H,21,24)(H,22,23)/t13-/m0/s1. The molecule has 0 aliphatic carbocycles. The molecule has 0 bridgehead atoms. The van der Waals surface area contributed by atoms with E-state index in [2.05, 4.69) is 10.6 Å². The molecule has 5 heteroatoms. The number of carbonyl (C=O) groups excluding carboxylic acids is 2. The summed E-state index contributed by atoms with van der Waals surface area (Å²) in [5.74, 6) is -0.573. The third-order valence-electron chi connectivity index (χ3n) is 3.63. The van der Waals surface area contributed by atoms with Gasteiger partial charge in [0.25, 0.3) is 5.91 Å². The van der Waals surface area contributed by atoms with Crippen LogP contribution in [0.5, 0.6) is 0 Å². The first-order valence-electron chi connectivity index (χ1n) is 7.96. The molecule has 0 heterocycles. The molecule has 1 atom stereocenters. The van der Waals surface area contributed by atoms with Crippen LogP contribution in [0.15, 0.2) is 48.5 Å². The van der Waals surface area contributed by atoms with E-state index in [1.807, 2.05) is 13.8 Å². The lowest BCUT2D eigenvalue weighted by Crippen LogP contribution is -2.26. The van der Waals surface area contributed by atoms with Gasteiger partial charge in [-0.2, -0.15) is 0 Å². The largest absolute Gasteiger partial charge is 0.346 e. The predicted molar refractivity (Wildman–Crippen MR) is 92.3 cm³/mol. The van der Waals surface area contributed by atoms with Crippen molar-refractivity contribution in [2.75, 3.05) is 5.32 Å². The van der Waals surface area contributed by atoms with Gasteiger partial charge in [0.2, 0.25) is 5.91 Å². The Morgan fingerprint density at radius 1 is 1.04 bits per heavy atom. The van der Waals surface area contributed by atoms with E-state index in [0.717, 1.165) is 12.0 Å². The third kappa shape index (κ3) is 4.91. The van der Waals surface area contributed by atoms with Gasteiger partial charge in [0, 0.05) is 17.7 Å². The van der Waals surface area contributed by atoms with Crippen LogP contribution in [0.2, 0.25) is 0 Å². The summed E-state index contributed by atoms with van der Waals surface area (Å²) < 4.78 is 12.9. The van der Waals surface area contributed by atoms with Crippen LogP contribution in [-0.4, -0.2) is 11.8 Å². The maximum absolute atomic E-state index is 12.9. The number of nitrogens with one attached hydrogen (secondary N) is 2. The van der Waals surface area contributed by atoms with Crippen LogP contribution in [0.4, 0.5) is 10.1 Å². The number of hydrogen-bond acceptors (Lipinski definition) is 2. The number of benzene rings is 2. The Kier molecular flexibility index (Phi) is 6.07. The van der Waals surface area contributed by atoms with Gasteiger partial charge in [0.15, 0.2) is 0 Å². The van der Waals surface area contributed by atoms with Crippen LogP contribution in [-0.2, 0) is 4.79 Å². The van der Waals surface area contributed by atoms with Crippen molar-refractivity contribution >= 4 is 17.5 Å². The number of carbonyl (C=O) groups is 2. The molecule has 0 aliphatic heterocycles. The Labute approximate surface area is 141 Å². The van der Waals surface area contributed by atoms with Gasteiger partial charge in [0.1, 0.15) is 5.82 Å². The highest BCUT2D eigenvalue weighted by Gasteiger charge is 2.11. The molecule has 0 fully saturated rings. The first-order chi connectivity index (χ1) is 11.5. The summed E-state index contributed by atoms with van der Waals surface area (Å²) >= 11 is 0. The van der Waals surface area contributed by atoms with E-state index in [1.165, 1.54) is 12.1 Å². The molecule has 2 N–H and O–H groups in total. The predicted octanol–water partition coefficient (Wildman–Crippen LogP) is 4.06. The van der Waals surface area contributed by atoms with Crippen LogP contribution in [0, 0.1) is 5.82 Å². The third-order valence-corrected chi connectivity index (χ3v) is 3.63. The quantitative estimate of drug-likeness (QED) is 0.840. The average molecular weight is 328 g/mol. The van der Waals surface area contributed by atoms with Crippen molar-refractivity contribution in [3.8, 4) is 0 Å². The lowest BCUT2D eigenvalue weighted by Gasteiger charge is -2.14.